The van der Waals surface area contributed by atoms with E-state index in [0.717, 1.165) is 12.1 Å². The smallest absolute Gasteiger partial charge is 0.258 e. The highest BCUT2D eigenvalue weighted by Crippen LogP contribution is 2.26. The molecule has 0 aliphatic heterocycles. The summed E-state index contributed by atoms with van der Waals surface area (Å²) in [4.78, 5) is 9.54. The molecule has 72 valence electrons. The lowest BCUT2D eigenvalue weighted by Crippen LogP contribution is -1.95. The maximum absolute atomic E-state index is 13.0. The largest absolute Gasteiger partial charge is 0.305 e. The summed E-state index contributed by atoms with van der Waals surface area (Å²) in [6.07, 6.45) is 0.00169. The van der Waals surface area contributed by atoms with E-state index in [1.165, 1.54) is 0 Å². The molecule has 0 amide bonds. The second-order valence-corrected chi connectivity index (χ2v) is 3.34. The van der Waals surface area contributed by atoms with E-state index in [1.807, 2.05) is 6.07 Å². The van der Waals surface area contributed by atoms with Crippen LogP contribution in [-0.2, 0) is 6.42 Å². The molecule has 0 radical (unpaired) electrons. The molecule has 0 unspecified atom stereocenters. The first kappa shape index (κ1) is 10.6. The third-order valence-electron chi connectivity index (χ3n) is 1.58. The highest BCUT2D eigenvalue weighted by molar-refractivity contribution is 9.10. The summed E-state index contributed by atoms with van der Waals surface area (Å²) in [6.45, 7) is 0. The maximum Gasteiger partial charge on any atom is 0.305 e. The fraction of sp³-hybridized carbons (Fsp3) is 0.125. The molecular formula is C8H4BrFN2O2. The summed E-state index contributed by atoms with van der Waals surface area (Å²) in [5.41, 5.74) is -0.209. The number of hydrogen-bond donors (Lipinski definition) is 0. The fourth-order valence-corrected chi connectivity index (χ4v) is 1.40. The van der Waals surface area contributed by atoms with Gasteiger partial charge in [0, 0.05) is 10.5 Å². The van der Waals surface area contributed by atoms with E-state index in [1.54, 1.807) is 0 Å². The Kier molecular flexibility index (Phi) is 3.14. The van der Waals surface area contributed by atoms with Crippen molar-refractivity contribution in [1.29, 1.82) is 5.26 Å². The lowest BCUT2D eigenvalue weighted by atomic mass is 10.1. The highest BCUT2D eigenvalue weighted by atomic mass is 79.9. The van der Waals surface area contributed by atoms with E-state index in [2.05, 4.69) is 15.9 Å². The van der Waals surface area contributed by atoms with Gasteiger partial charge in [-0.1, -0.05) is 15.9 Å². The summed E-state index contributed by atoms with van der Waals surface area (Å²) in [5.74, 6) is -0.913. The van der Waals surface area contributed by atoms with Crippen LogP contribution in [0.1, 0.15) is 5.56 Å². The van der Waals surface area contributed by atoms with Crippen LogP contribution in [0.15, 0.2) is 16.6 Å². The van der Waals surface area contributed by atoms with Crippen molar-refractivity contribution in [3.63, 3.8) is 0 Å². The molecule has 0 bridgehead atoms. The molecule has 14 heavy (non-hydrogen) atoms. The van der Waals surface area contributed by atoms with Gasteiger partial charge in [0.05, 0.1) is 17.4 Å². The molecule has 0 aliphatic rings. The van der Waals surface area contributed by atoms with Gasteiger partial charge in [-0.3, -0.25) is 10.1 Å². The molecule has 6 heteroatoms. The van der Waals surface area contributed by atoms with Crippen LogP contribution in [0.2, 0.25) is 0 Å². The van der Waals surface area contributed by atoms with Crippen molar-refractivity contribution in [3.05, 3.63) is 38.1 Å². The molecule has 0 aromatic heterocycles. The standard InChI is InChI=1S/C8H4BrFN2O2/c9-6-4-7(10)8(12(13)14)3-5(6)1-2-11/h3-4H,1H2. The van der Waals surface area contributed by atoms with Crippen LogP contribution in [0.3, 0.4) is 0 Å². The summed E-state index contributed by atoms with van der Waals surface area (Å²) in [5, 5.41) is 18.8. The van der Waals surface area contributed by atoms with E-state index in [0.29, 0.717) is 10.0 Å². The number of hydrogen-bond acceptors (Lipinski definition) is 3. The van der Waals surface area contributed by atoms with Gasteiger partial charge in [-0.05, 0) is 11.6 Å². The predicted molar refractivity (Wildman–Crippen MR) is 50.1 cm³/mol. The Hall–Kier alpha value is -1.48. The van der Waals surface area contributed by atoms with Gasteiger partial charge in [-0.25, -0.2) is 0 Å². The number of halogens is 2. The fourth-order valence-electron chi connectivity index (χ4n) is 0.941. The van der Waals surface area contributed by atoms with E-state index in [9.17, 15) is 14.5 Å². The lowest BCUT2D eigenvalue weighted by molar-refractivity contribution is -0.387. The molecule has 0 saturated carbocycles. The summed E-state index contributed by atoms with van der Waals surface area (Å²) in [7, 11) is 0. The van der Waals surface area contributed by atoms with Gasteiger partial charge in [0.25, 0.3) is 0 Å². The molecule has 4 nitrogen and oxygen atoms in total. The van der Waals surface area contributed by atoms with Gasteiger partial charge >= 0.3 is 5.69 Å². The average Bonchev–Trinajstić information content (AvgIpc) is 2.09. The average molecular weight is 259 g/mol. The van der Waals surface area contributed by atoms with Crippen molar-refractivity contribution < 1.29 is 9.31 Å². The molecule has 1 rings (SSSR count). The number of nitro benzene ring substituents is 1. The Morgan fingerprint density at radius 1 is 1.64 bits per heavy atom. The van der Waals surface area contributed by atoms with Crippen molar-refractivity contribution in [1.82, 2.24) is 0 Å². The van der Waals surface area contributed by atoms with Crippen LogP contribution >= 0.6 is 15.9 Å². The minimum atomic E-state index is -0.913. The SMILES string of the molecule is N#CCc1cc([N+](=O)[O-])c(F)cc1Br. The Balaban J connectivity index is 3.28. The molecule has 0 N–H and O–H groups in total. The van der Waals surface area contributed by atoms with Crippen molar-refractivity contribution in [2.75, 3.05) is 0 Å². The van der Waals surface area contributed by atoms with Crippen LogP contribution in [0.5, 0.6) is 0 Å². The van der Waals surface area contributed by atoms with Crippen LogP contribution in [-0.4, -0.2) is 4.92 Å². The lowest BCUT2D eigenvalue weighted by Gasteiger charge is -2.00. The summed E-state index contributed by atoms with van der Waals surface area (Å²) < 4.78 is 13.3. The molecule has 0 atom stereocenters. The Morgan fingerprint density at radius 3 is 2.79 bits per heavy atom. The van der Waals surface area contributed by atoms with Gasteiger partial charge in [0.15, 0.2) is 0 Å². The van der Waals surface area contributed by atoms with Gasteiger partial charge < -0.3 is 0 Å². The van der Waals surface area contributed by atoms with Crippen molar-refractivity contribution >= 4 is 21.6 Å². The molecule has 0 saturated heterocycles. The number of rotatable bonds is 2. The number of nitrogens with zero attached hydrogens (tertiary/aromatic N) is 2. The molecule has 0 heterocycles. The Bertz CT molecular complexity index is 428. The van der Waals surface area contributed by atoms with Crippen molar-refractivity contribution in [2.45, 2.75) is 6.42 Å². The zero-order valence-corrected chi connectivity index (χ0v) is 8.41. The van der Waals surface area contributed by atoms with Crippen LogP contribution in [0.4, 0.5) is 10.1 Å². The van der Waals surface area contributed by atoms with Crippen LogP contribution < -0.4 is 0 Å². The zero-order chi connectivity index (χ0) is 10.7. The minimum absolute atomic E-state index is 0.00169. The molecule has 1 aromatic rings. The van der Waals surface area contributed by atoms with Gasteiger partial charge in [0.2, 0.25) is 5.82 Å². The summed E-state index contributed by atoms with van der Waals surface area (Å²) >= 11 is 3.02. The molecular weight excluding hydrogens is 255 g/mol. The second-order valence-electron chi connectivity index (χ2n) is 2.49. The highest BCUT2D eigenvalue weighted by Gasteiger charge is 2.16. The third kappa shape index (κ3) is 2.06. The number of nitriles is 1. The van der Waals surface area contributed by atoms with Crippen LogP contribution in [0, 0.1) is 27.3 Å². The normalized spacial score (nSPS) is 9.50. The molecule has 0 fully saturated rings. The second kappa shape index (κ2) is 4.15. The first-order valence-electron chi connectivity index (χ1n) is 3.55. The van der Waals surface area contributed by atoms with E-state index in [-0.39, 0.29) is 6.42 Å². The molecule has 1 aromatic carbocycles. The van der Waals surface area contributed by atoms with Gasteiger partial charge in [-0.2, -0.15) is 9.65 Å². The maximum atomic E-state index is 13.0. The topological polar surface area (TPSA) is 66.9 Å². The summed E-state index contributed by atoms with van der Waals surface area (Å²) in [6, 6.07) is 3.88. The van der Waals surface area contributed by atoms with Gasteiger partial charge in [0.1, 0.15) is 0 Å². The van der Waals surface area contributed by atoms with Gasteiger partial charge in [-0.15, -0.1) is 0 Å². The number of nitro groups is 1. The van der Waals surface area contributed by atoms with E-state index < -0.39 is 16.4 Å². The third-order valence-corrected chi connectivity index (χ3v) is 2.32. The predicted octanol–water partition coefficient (Wildman–Crippen LogP) is 2.56. The van der Waals surface area contributed by atoms with Crippen molar-refractivity contribution in [3.8, 4) is 6.07 Å². The Labute approximate surface area is 87.2 Å². The Morgan fingerprint density at radius 2 is 2.29 bits per heavy atom. The first-order chi connectivity index (χ1) is 6.56. The molecule has 0 aliphatic carbocycles. The monoisotopic (exact) mass is 258 g/mol. The zero-order valence-electron chi connectivity index (χ0n) is 6.83. The van der Waals surface area contributed by atoms with Crippen molar-refractivity contribution in [2.24, 2.45) is 0 Å². The quantitative estimate of drug-likeness (QED) is 0.605. The van der Waals surface area contributed by atoms with Crippen LogP contribution in [0.25, 0.3) is 0 Å². The molecule has 0 spiro atoms. The van der Waals surface area contributed by atoms with E-state index >= 15 is 0 Å². The first-order valence-corrected chi connectivity index (χ1v) is 4.35. The number of benzene rings is 1. The minimum Gasteiger partial charge on any atom is -0.258 e. The van der Waals surface area contributed by atoms with E-state index in [4.69, 9.17) is 5.26 Å².